The average Bonchev–Trinajstić information content (AvgIpc) is 2.20. The Balaban J connectivity index is 2.23. The van der Waals surface area contributed by atoms with Crippen LogP contribution in [0.25, 0.3) is 0 Å². The van der Waals surface area contributed by atoms with E-state index in [4.69, 9.17) is 15.4 Å². The van der Waals surface area contributed by atoms with E-state index in [0.29, 0.717) is 12.3 Å². The van der Waals surface area contributed by atoms with Crippen molar-refractivity contribution in [1.29, 1.82) is 10.7 Å². The van der Waals surface area contributed by atoms with Crippen LogP contribution in [0.15, 0.2) is 30.3 Å². The quantitative estimate of drug-likeness (QED) is 0.719. The van der Waals surface area contributed by atoms with Crippen molar-refractivity contribution in [2.45, 2.75) is 13.0 Å². The standard InChI is InChI=1S/C11H12N2O/c12-7-6-11(13)9-14-8-10-4-2-1-3-5-10/h1-5,13H,6,8-9H2. The Morgan fingerprint density at radius 1 is 1.36 bits per heavy atom. The first-order valence-electron chi connectivity index (χ1n) is 4.38. The fraction of sp³-hybridized carbons (Fsp3) is 0.273. The number of hydrogen-bond donors (Lipinski definition) is 1. The Bertz CT molecular complexity index is 327. The van der Waals surface area contributed by atoms with Crippen molar-refractivity contribution in [3.63, 3.8) is 0 Å². The SMILES string of the molecule is N#CCC(=N)COCc1ccccc1. The smallest absolute Gasteiger partial charge is 0.0856 e. The molecule has 0 bridgehead atoms. The molecule has 0 heterocycles. The fourth-order valence-corrected chi connectivity index (χ4v) is 1.01. The van der Waals surface area contributed by atoms with Crippen molar-refractivity contribution in [2.24, 2.45) is 0 Å². The maximum absolute atomic E-state index is 8.31. The molecule has 0 amide bonds. The van der Waals surface area contributed by atoms with Gasteiger partial charge in [0.15, 0.2) is 0 Å². The van der Waals surface area contributed by atoms with Crippen molar-refractivity contribution in [2.75, 3.05) is 6.61 Å². The molecule has 0 saturated heterocycles. The van der Waals surface area contributed by atoms with E-state index in [2.05, 4.69) is 0 Å². The van der Waals surface area contributed by atoms with E-state index in [9.17, 15) is 0 Å². The van der Waals surface area contributed by atoms with Gasteiger partial charge in [0.1, 0.15) is 0 Å². The molecule has 3 heteroatoms. The van der Waals surface area contributed by atoms with Gasteiger partial charge in [0.25, 0.3) is 0 Å². The molecule has 0 radical (unpaired) electrons. The van der Waals surface area contributed by atoms with Gasteiger partial charge in [-0.1, -0.05) is 30.3 Å². The summed E-state index contributed by atoms with van der Waals surface area (Å²) in [6.45, 7) is 0.733. The van der Waals surface area contributed by atoms with Gasteiger partial charge in [-0.3, -0.25) is 0 Å². The van der Waals surface area contributed by atoms with E-state index in [0.717, 1.165) is 5.56 Å². The first-order valence-corrected chi connectivity index (χ1v) is 4.38. The van der Waals surface area contributed by atoms with Crippen LogP contribution in [0.3, 0.4) is 0 Å². The molecule has 0 spiro atoms. The summed E-state index contributed by atoms with van der Waals surface area (Å²) < 4.78 is 5.26. The monoisotopic (exact) mass is 188 g/mol. The molecule has 1 aromatic carbocycles. The van der Waals surface area contributed by atoms with Crippen molar-refractivity contribution in [3.05, 3.63) is 35.9 Å². The predicted molar refractivity (Wildman–Crippen MR) is 54.1 cm³/mol. The Hall–Kier alpha value is -1.66. The summed E-state index contributed by atoms with van der Waals surface area (Å²) in [4.78, 5) is 0. The zero-order valence-electron chi connectivity index (χ0n) is 7.86. The second-order valence-electron chi connectivity index (χ2n) is 2.92. The Morgan fingerprint density at radius 2 is 2.07 bits per heavy atom. The third kappa shape index (κ3) is 3.83. The van der Waals surface area contributed by atoms with Crippen molar-refractivity contribution >= 4 is 5.71 Å². The minimum Gasteiger partial charge on any atom is -0.371 e. The molecule has 1 aromatic rings. The molecule has 0 fully saturated rings. The van der Waals surface area contributed by atoms with Gasteiger partial charge in [-0.15, -0.1) is 0 Å². The van der Waals surface area contributed by atoms with Gasteiger partial charge in [-0.05, 0) is 5.56 Å². The number of rotatable bonds is 5. The fourth-order valence-electron chi connectivity index (χ4n) is 1.01. The second-order valence-corrected chi connectivity index (χ2v) is 2.92. The highest BCUT2D eigenvalue weighted by Gasteiger charge is 1.96. The van der Waals surface area contributed by atoms with Crippen LogP contribution in [-0.4, -0.2) is 12.3 Å². The summed E-state index contributed by atoms with van der Waals surface area (Å²) in [7, 11) is 0. The molecule has 0 saturated carbocycles. The Kier molecular flexibility index (Phi) is 4.39. The Morgan fingerprint density at radius 3 is 2.71 bits per heavy atom. The van der Waals surface area contributed by atoms with Crippen molar-refractivity contribution < 1.29 is 4.74 Å². The average molecular weight is 188 g/mol. The highest BCUT2D eigenvalue weighted by molar-refractivity contribution is 5.84. The summed E-state index contributed by atoms with van der Waals surface area (Å²) in [5, 5.41) is 15.6. The van der Waals surface area contributed by atoms with E-state index < -0.39 is 0 Å². The van der Waals surface area contributed by atoms with Crippen LogP contribution in [0.2, 0.25) is 0 Å². The van der Waals surface area contributed by atoms with Crippen molar-refractivity contribution in [1.82, 2.24) is 0 Å². The highest BCUT2D eigenvalue weighted by Crippen LogP contribution is 2.00. The van der Waals surface area contributed by atoms with Gasteiger partial charge in [0.05, 0.1) is 25.7 Å². The maximum Gasteiger partial charge on any atom is 0.0856 e. The van der Waals surface area contributed by atoms with Gasteiger partial charge in [0, 0.05) is 5.71 Å². The summed E-state index contributed by atoms with van der Waals surface area (Å²) in [6, 6.07) is 11.7. The molecule has 1 N–H and O–H groups in total. The van der Waals surface area contributed by atoms with Crippen LogP contribution < -0.4 is 0 Å². The lowest BCUT2D eigenvalue weighted by molar-refractivity contribution is 0.157. The number of benzene rings is 1. The van der Waals surface area contributed by atoms with Crippen LogP contribution in [0.1, 0.15) is 12.0 Å². The molecule has 0 aliphatic heterocycles. The first-order chi connectivity index (χ1) is 6.83. The van der Waals surface area contributed by atoms with Crippen molar-refractivity contribution in [3.8, 4) is 6.07 Å². The summed E-state index contributed by atoms with van der Waals surface area (Å²) in [6.07, 6.45) is 0.148. The van der Waals surface area contributed by atoms with Gasteiger partial charge in [0.2, 0.25) is 0 Å². The molecule has 3 nitrogen and oxygen atoms in total. The van der Waals surface area contributed by atoms with E-state index in [1.165, 1.54) is 0 Å². The van der Waals surface area contributed by atoms with Crippen LogP contribution in [0.5, 0.6) is 0 Å². The van der Waals surface area contributed by atoms with Crippen LogP contribution in [0.4, 0.5) is 0 Å². The third-order valence-electron chi connectivity index (χ3n) is 1.68. The number of nitriles is 1. The molecule has 72 valence electrons. The normalized spacial score (nSPS) is 9.36. The lowest BCUT2D eigenvalue weighted by Crippen LogP contribution is -2.06. The van der Waals surface area contributed by atoms with E-state index in [-0.39, 0.29) is 13.0 Å². The Labute approximate surface area is 83.4 Å². The molecule has 0 atom stereocenters. The van der Waals surface area contributed by atoms with E-state index >= 15 is 0 Å². The number of nitrogens with one attached hydrogen (secondary N) is 1. The number of ether oxygens (including phenoxy) is 1. The van der Waals surface area contributed by atoms with Gasteiger partial charge in [-0.2, -0.15) is 5.26 Å². The third-order valence-corrected chi connectivity index (χ3v) is 1.68. The maximum atomic E-state index is 8.31. The number of hydrogen-bond acceptors (Lipinski definition) is 3. The topological polar surface area (TPSA) is 56.9 Å². The minimum atomic E-state index is 0.148. The summed E-state index contributed by atoms with van der Waals surface area (Å²) in [5.41, 5.74) is 1.40. The zero-order chi connectivity index (χ0) is 10.2. The minimum absolute atomic E-state index is 0.148. The molecule has 0 aliphatic rings. The largest absolute Gasteiger partial charge is 0.371 e. The molecule has 1 rings (SSSR count). The van der Waals surface area contributed by atoms with Gasteiger partial charge in [-0.25, -0.2) is 0 Å². The van der Waals surface area contributed by atoms with Gasteiger partial charge >= 0.3 is 0 Å². The molecule has 0 aliphatic carbocycles. The molecule has 14 heavy (non-hydrogen) atoms. The number of nitrogens with zero attached hydrogens (tertiary/aromatic N) is 1. The summed E-state index contributed by atoms with van der Waals surface area (Å²) in [5.74, 6) is 0. The van der Waals surface area contributed by atoms with Crippen LogP contribution >= 0.6 is 0 Å². The van der Waals surface area contributed by atoms with Gasteiger partial charge < -0.3 is 10.1 Å². The highest BCUT2D eigenvalue weighted by atomic mass is 16.5. The summed E-state index contributed by atoms with van der Waals surface area (Å²) >= 11 is 0. The molecular weight excluding hydrogens is 176 g/mol. The lowest BCUT2D eigenvalue weighted by Gasteiger charge is -2.02. The second kappa shape index (κ2) is 5.90. The molecule has 0 unspecified atom stereocenters. The predicted octanol–water partition coefficient (Wildman–Crippen LogP) is 2.14. The zero-order valence-corrected chi connectivity index (χ0v) is 7.86. The molecule has 0 aromatic heterocycles. The first kappa shape index (κ1) is 10.4. The van der Waals surface area contributed by atoms with Crippen LogP contribution in [-0.2, 0) is 11.3 Å². The molecular formula is C11H12N2O. The van der Waals surface area contributed by atoms with Crippen LogP contribution in [0, 0.1) is 16.7 Å². The van der Waals surface area contributed by atoms with E-state index in [1.807, 2.05) is 36.4 Å². The van der Waals surface area contributed by atoms with E-state index in [1.54, 1.807) is 0 Å². The lowest BCUT2D eigenvalue weighted by atomic mass is 10.2.